The monoisotopic (exact) mass is 435 g/mol. The van der Waals surface area contributed by atoms with Crippen LogP contribution < -0.4 is 5.32 Å². The SMILES string of the molecule is CCC(C(=O)Nc1c(C)cc(Cl)cc1C)[PH](C)(C)CC(=O)OCc1ccccc1. The van der Waals surface area contributed by atoms with Gasteiger partial charge in [-0.15, -0.1) is 0 Å². The van der Waals surface area contributed by atoms with E-state index in [0.29, 0.717) is 17.6 Å². The quantitative estimate of drug-likeness (QED) is 0.444. The van der Waals surface area contributed by atoms with E-state index in [1.807, 2.05) is 63.2 Å². The number of nitrogens with one attached hydrogen (secondary N) is 1. The number of halogens is 1. The molecule has 0 heterocycles. The molecule has 0 aliphatic rings. The molecule has 29 heavy (non-hydrogen) atoms. The van der Waals surface area contributed by atoms with Crippen LogP contribution in [0.1, 0.15) is 30.0 Å². The zero-order valence-electron chi connectivity index (χ0n) is 17.8. The summed E-state index contributed by atoms with van der Waals surface area (Å²) in [4.78, 5) is 25.5. The third-order valence-electron chi connectivity index (χ3n) is 5.26. The third kappa shape index (κ3) is 6.55. The number of anilines is 1. The summed E-state index contributed by atoms with van der Waals surface area (Å²) in [5.74, 6) is -0.274. The topological polar surface area (TPSA) is 55.4 Å². The molecule has 6 heteroatoms. The molecule has 1 atom stereocenters. The summed E-state index contributed by atoms with van der Waals surface area (Å²) < 4.78 is 5.46. The second-order valence-electron chi connectivity index (χ2n) is 8.18. The van der Waals surface area contributed by atoms with Crippen LogP contribution in [0.2, 0.25) is 5.02 Å². The van der Waals surface area contributed by atoms with Gasteiger partial charge in [-0.1, -0.05) is 0 Å². The van der Waals surface area contributed by atoms with Crippen molar-refractivity contribution >= 4 is 36.4 Å². The Morgan fingerprint density at radius 3 is 2.24 bits per heavy atom. The van der Waals surface area contributed by atoms with Crippen LogP contribution in [0.3, 0.4) is 0 Å². The fourth-order valence-corrected chi connectivity index (χ4v) is 7.00. The Morgan fingerprint density at radius 2 is 1.69 bits per heavy atom. The summed E-state index contributed by atoms with van der Waals surface area (Å²) in [6, 6.07) is 13.3. The second-order valence-corrected chi connectivity index (χ2v) is 13.6. The van der Waals surface area contributed by atoms with Crippen molar-refractivity contribution < 1.29 is 14.3 Å². The van der Waals surface area contributed by atoms with Crippen molar-refractivity contribution in [3.05, 3.63) is 64.2 Å². The number of carbonyl (C=O) groups excluding carboxylic acids is 2. The first-order chi connectivity index (χ1) is 13.6. The van der Waals surface area contributed by atoms with E-state index in [2.05, 4.69) is 18.6 Å². The Labute approximate surface area is 179 Å². The first-order valence-corrected chi connectivity index (χ1v) is 13.6. The average Bonchev–Trinajstić information content (AvgIpc) is 2.63. The van der Waals surface area contributed by atoms with E-state index < -0.39 is 7.26 Å². The normalized spacial score (nSPS) is 12.9. The van der Waals surface area contributed by atoms with Crippen LogP contribution in [-0.4, -0.2) is 37.0 Å². The van der Waals surface area contributed by atoms with Gasteiger partial charge in [0.15, 0.2) is 0 Å². The van der Waals surface area contributed by atoms with Crippen molar-refractivity contribution in [2.45, 2.75) is 39.5 Å². The third-order valence-corrected chi connectivity index (χ3v) is 9.23. The van der Waals surface area contributed by atoms with Gasteiger partial charge in [0, 0.05) is 0 Å². The standard InChI is InChI=1S/C23H31ClNO3P/c1-6-20(23(27)25-22-16(2)12-19(24)13-17(22)3)29(4,5)15-21(26)28-14-18-10-8-7-9-11-18/h7-13,20,29H,6,14-15H2,1-5H3,(H,25,27). The molecule has 158 valence electrons. The molecule has 2 rings (SSSR count). The van der Waals surface area contributed by atoms with Crippen LogP contribution in [0.15, 0.2) is 42.5 Å². The van der Waals surface area contributed by atoms with Gasteiger partial charge in [-0.2, -0.15) is 0 Å². The fourth-order valence-electron chi connectivity index (χ4n) is 3.70. The van der Waals surface area contributed by atoms with Gasteiger partial charge in [0.2, 0.25) is 0 Å². The molecule has 0 aliphatic heterocycles. The predicted octanol–water partition coefficient (Wildman–Crippen LogP) is 5.43. The van der Waals surface area contributed by atoms with E-state index in [1.54, 1.807) is 0 Å². The van der Waals surface area contributed by atoms with Crippen LogP contribution in [0.4, 0.5) is 5.69 Å². The number of aryl methyl sites for hydroxylation is 2. The Morgan fingerprint density at radius 1 is 1.10 bits per heavy atom. The fraction of sp³-hybridized carbons (Fsp3) is 0.391. The minimum absolute atomic E-state index is 0.0338. The van der Waals surface area contributed by atoms with Gasteiger partial charge < -0.3 is 0 Å². The Balaban J connectivity index is 2.04. The summed E-state index contributed by atoms with van der Waals surface area (Å²) in [5.41, 5.74) is 3.43. The van der Waals surface area contributed by atoms with Gasteiger partial charge in [0.05, 0.1) is 0 Å². The van der Waals surface area contributed by atoms with Crippen LogP contribution in [-0.2, 0) is 20.9 Å². The molecule has 1 amide bonds. The first kappa shape index (κ1) is 23.4. The van der Waals surface area contributed by atoms with Crippen LogP contribution in [0.5, 0.6) is 0 Å². The number of ether oxygens (including phenoxy) is 1. The van der Waals surface area contributed by atoms with Gasteiger partial charge in [0.1, 0.15) is 0 Å². The molecule has 2 aromatic carbocycles. The van der Waals surface area contributed by atoms with Gasteiger partial charge >= 0.3 is 179 Å². The van der Waals surface area contributed by atoms with Crippen molar-refractivity contribution in [2.75, 3.05) is 24.8 Å². The number of carbonyl (C=O) groups is 2. The van der Waals surface area contributed by atoms with Crippen molar-refractivity contribution in [3.8, 4) is 0 Å². The summed E-state index contributed by atoms with van der Waals surface area (Å²) in [6.07, 6.45) is 0.993. The van der Waals surface area contributed by atoms with Crippen molar-refractivity contribution in [1.82, 2.24) is 0 Å². The Kier molecular flexibility index (Phi) is 8.24. The van der Waals surface area contributed by atoms with Gasteiger partial charge in [-0.25, -0.2) is 0 Å². The van der Waals surface area contributed by atoms with E-state index in [-0.39, 0.29) is 24.1 Å². The molecule has 0 aliphatic carbocycles. The molecule has 0 saturated carbocycles. The molecule has 1 unspecified atom stereocenters. The number of hydrogen-bond acceptors (Lipinski definition) is 3. The van der Waals surface area contributed by atoms with E-state index in [4.69, 9.17) is 16.3 Å². The predicted molar refractivity (Wildman–Crippen MR) is 125 cm³/mol. The number of esters is 1. The van der Waals surface area contributed by atoms with Crippen LogP contribution in [0.25, 0.3) is 0 Å². The van der Waals surface area contributed by atoms with Gasteiger partial charge in [-0.05, 0) is 0 Å². The zero-order chi connectivity index (χ0) is 21.6. The molecule has 0 fully saturated rings. The second kappa shape index (κ2) is 10.2. The minimum atomic E-state index is -2.21. The number of rotatable bonds is 8. The van der Waals surface area contributed by atoms with Crippen molar-refractivity contribution in [1.29, 1.82) is 0 Å². The average molecular weight is 436 g/mol. The molecule has 0 aromatic heterocycles. The number of benzene rings is 2. The van der Waals surface area contributed by atoms with E-state index >= 15 is 0 Å². The zero-order valence-corrected chi connectivity index (χ0v) is 19.6. The van der Waals surface area contributed by atoms with Gasteiger partial charge in [-0.3, -0.25) is 0 Å². The number of hydrogen-bond donors (Lipinski definition) is 1. The van der Waals surface area contributed by atoms with E-state index in [1.165, 1.54) is 0 Å². The Hall–Kier alpha value is -1.90. The molecule has 0 bridgehead atoms. The van der Waals surface area contributed by atoms with Crippen LogP contribution in [0, 0.1) is 13.8 Å². The van der Waals surface area contributed by atoms with E-state index in [9.17, 15) is 9.59 Å². The molecule has 2 aromatic rings. The van der Waals surface area contributed by atoms with Crippen LogP contribution >= 0.6 is 18.9 Å². The van der Waals surface area contributed by atoms with Crippen molar-refractivity contribution in [2.24, 2.45) is 0 Å². The summed E-state index contributed by atoms with van der Waals surface area (Å²) in [7, 11) is -2.21. The molecule has 0 radical (unpaired) electrons. The van der Waals surface area contributed by atoms with E-state index in [0.717, 1.165) is 22.4 Å². The molecule has 0 spiro atoms. The number of amides is 1. The maximum absolute atomic E-state index is 13.1. The summed E-state index contributed by atoms with van der Waals surface area (Å²) in [5, 5.41) is 3.73. The molecular weight excluding hydrogens is 405 g/mol. The van der Waals surface area contributed by atoms with Crippen molar-refractivity contribution in [3.63, 3.8) is 0 Å². The Bertz CT molecular complexity index is 845. The maximum atomic E-state index is 13.1. The molecule has 4 nitrogen and oxygen atoms in total. The van der Waals surface area contributed by atoms with Gasteiger partial charge in [0.25, 0.3) is 0 Å². The molecule has 1 N–H and O–H groups in total. The molecular formula is C23H31ClNO3P. The molecule has 0 saturated heterocycles. The summed E-state index contributed by atoms with van der Waals surface area (Å²) in [6.45, 7) is 10.3. The first-order valence-electron chi connectivity index (χ1n) is 9.91. The summed E-state index contributed by atoms with van der Waals surface area (Å²) >= 11 is 6.10.